The fourth-order valence-electron chi connectivity index (χ4n) is 3.48. The SMILES string of the molecule is COc1ccc(OC(C)c2nnc(SCC(=O)Nc3cc(C(F)(F)F)ccc3Cl)n2-c2ccccc2)cc1. The zero-order chi connectivity index (χ0) is 27.3. The first-order valence-electron chi connectivity index (χ1n) is 11.3. The molecule has 0 spiro atoms. The maximum atomic E-state index is 13.1. The first-order chi connectivity index (χ1) is 18.2. The average molecular weight is 563 g/mol. The summed E-state index contributed by atoms with van der Waals surface area (Å²) in [6.45, 7) is 1.82. The van der Waals surface area contributed by atoms with Crippen LogP contribution in [0.15, 0.2) is 78.0 Å². The number of aromatic nitrogens is 3. The van der Waals surface area contributed by atoms with Crippen LogP contribution in [0.4, 0.5) is 18.9 Å². The van der Waals surface area contributed by atoms with Gasteiger partial charge in [0.1, 0.15) is 11.5 Å². The minimum absolute atomic E-state index is 0.00408. The number of halogens is 4. The molecule has 38 heavy (non-hydrogen) atoms. The largest absolute Gasteiger partial charge is 0.497 e. The number of hydrogen-bond donors (Lipinski definition) is 1. The van der Waals surface area contributed by atoms with Gasteiger partial charge < -0.3 is 14.8 Å². The second-order valence-corrected chi connectivity index (χ2v) is 9.33. The monoisotopic (exact) mass is 562 g/mol. The fraction of sp³-hybridized carbons (Fsp3) is 0.192. The van der Waals surface area contributed by atoms with Gasteiger partial charge in [-0.05, 0) is 61.5 Å². The number of benzene rings is 3. The molecule has 4 aromatic rings. The number of amides is 1. The molecule has 198 valence electrons. The highest BCUT2D eigenvalue weighted by Gasteiger charge is 2.31. The van der Waals surface area contributed by atoms with E-state index in [1.807, 2.05) is 37.3 Å². The highest BCUT2D eigenvalue weighted by molar-refractivity contribution is 7.99. The van der Waals surface area contributed by atoms with E-state index in [9.17, 15) is 18.0 Å². The molecule has 0 saturated heterocycles. The van der Waals surface area contributed by atoms with Gasteiger partial charge in [0.15, 0.2) is 17.1 Å². The quantitative estimate of drug-likeness (QED) is 0.226. The summed E-state index contributed by atoms with van der Waals surface area (Å²) in [6.07, 6.45) is -5.07. The summed E-state index contributed by atoms with van der Waals surface area (Å²) in [5.74, 6) is 1.10. The lowest BCUT2D eigenvalue weighted by molar-refractivity contribution is -0.137. The van der Waals surface area contributed by atoms with Crippen LogP contribution in [-0.2, 0) is 11.0 Å². The molecule has 1 aromatic heterocycles. The van der Waals surface area contributed by atoms with E-state index in [0.717, 1.165) is 35.6 Å². The summed E-state index contributed by atoms with van der Waals surface area (Å²) >= 11 is 7.07. The smallest absolute Gasteiger partial charge is 0.416 e. The second-order valence-electron chi connectivity index (χ2n) is 7.98. The van der Waals surface area contributed by atoms with Crippen LogP contribution in [0, 0.1) is 0 Å². The lowest BCUT2D eigenvalue weighted by atomic mass is 10.2. The first kappa shape index (κ1) is 27.3. The summed E-state index contributed by atoms with van der Waals surface area (Å²) in [4.78, 5) is 12.6. The number of carbonyl (C=O) groups excluding carboxylic acids is 1. The Bertz CT molecular complexity index is 1400. The second kappa shape index (κ2) is 11.8. The van der Waals surface area contributed by atoms with Crippen LogP contribution < -0.4 is 14.8 Å². The van der Waals surface area contributed by atoms with Crippen molar-refractivity contribution in [3.05, 3.63) is 89.2 Å². The van der Waals surface area contributed by atoms with Crippen LogP contribution in [-0.4, -0.2) is 33.5 Å². The molecule has 3 aromatic carbocycles. The van der Waals surface area contributed by atoms with E-state index in [4.69, 9.17) is 21.1 Å². The third kappa shape index (κ3) is 6.59. The van der Waals surface area contributed by atoms with Gasteiger partial charge in [-0.3, -0.25) is 9.36 Å². The summed E-state index contributed by atoms with van der Waals surface area (Å²) in [7, 11) is 1.58. The maximum absolute atomic E-state index is 13.1. The van der Waals surface area contributed by atoms with Gasteiger partial charge in [0, 0.05) is 5.69 Å². The van der Waals surface area contributed by atoms with Crippen molar-refractivity contribution >= 4 is 35.0 Å². The van der Waals surface area contributed by atoms with Gasteiger partial charge in [-0.25, -0.2) is 0 Å². The topological polar surface area (TPSA) is 78.3 Å². The standard InChI is InChI=1S/C26H22ClF3N4O3S/c1-16(37-20-11-9-19(36-2)10-12-20)24-32-33-25(34(24)18-6-4-3-5-7-18)38-15-23(35)31-22-14-17(26(28,29)30)8-13-21(22)27/h3-14,16H,15H2,1-2H3,(H,31,35). The van der Waals surface area contributed by atoms with E-state index >= 15 is 0 Å². The van der Waals surface area contributed by atoms with E-state index < -0.39 is 23.8 Å². The lowest BCUT2D eigenvalue weighted by Crippen LogP contribution is -2.16. The van der Waals surface area contributed by atoms with Gasteiger partial charge >= 0.3 is 6.18 Å². The Labute approximate surface area is 225 Å². The Kier molecular flexibility index (Phi) is 8.48. The van der Waals surface area contributed by atoms with E-state index in [0.29, 0.717) is 22.5 Å². The predicted octanol–water partition coefficient (Wildman–Crippen LogP) is 6.82. The first-order valence-corrected chi connectivity index (χ1v) is 12.6. The molecular weight excluding hydrogens is 541 g/mol. The zero-order valence-corrected chi connectivity index (χ0v) is 21.8. The Hall–Kier alpha value is -3.70. The fourth-order valence-corrected chi connectivity index (χ4v) is 4.41. The van der Waals surface area contributed by atoms with Crippen LogP contribution >= 0.6 is 23.4 Å². The summed E-state index contributed by atoms with van der Waals surface area (Å²) in [5.41, 5.74) is -0.288. The number of para-hydroxylation sites is 1. The Morgan fingerprint density at radius 3 is 2.39 bits per heavy atom. The molecular formula is C26H22ClF3N4O3S. The number of thioether (sulfide) groups is 1. The molecule has 0 aliphatic carbocycles. The molecule has 0 aliphatic rings. The van der Waals surface area contributed by atoms with Crippen molar-refractivity contribution in [2.24, 2.45) is 0 Å². The van der Waals surface area contributed by atoms with Gasteiger partial charge in [-0.1, -0.05) is 41.6 Å². The lowest BCUT2D eigenvalue weighted by Gasteiger charge is -2.17. The molecule has 0 bridgehead atoms. The van der Waals surface area contributed by atoms with Crippen molar-refractivity contribution < 1.29 is 27.4 Å². The third-order valence-electron chi connectivity index (χ3n) is 5.31. The van der Waals surface area contributed by atoms with Crippen molar-refractivity contribution in [2.75, 3.05) is 18.2 Å². The van der Waals surface area contributed by atoms with Crippen molar-refractivity contribution in [3.63, 3.8) is 0 Å². The molecule has 1 N–H and O–H groups in total. The number of nitrogens with zero attached hydrogens (tertiary/aromatic N) is 3. The molecule has 0 saturated carbocycles. The Morgan fingerprint density at radius 1 is 1.05 bits per heavy atom. The van der Waals surface area contributed by atoms with Crippen molar-refractivity contribution in [2.45, 2.75) is 24.4 Å². The normalized spacial score (nSPS) is 12.2. The highest BCUT2D eigenvalue weighted by atomic mass is 35.5. The van der Waals surface area contributed by atoms with Gasteiger partial charge in [0.2, 0.25) is 5.91 Å². The summed E-state index contributed by atoms with van der Waals surface area (Å²) in [6, 6.07) is 19.1. The number of alkyl halides is 3. The van der Waals surface area contributed by atoms with Crippen LogP contribution in [0.1, 0.15) is 24.4 Å². The van der Waals surface area contributed by atoms with Crippen LogP contribution in [0.5, 0.6) is 11.5 Å². The van der Waals surface area contributed by atoms with Crippen LogP contribution in [0.25, 0.3) is 5.69 Å². The average Bonchev–Trinajstić information content (AvgIpc) is 3.33. The summed E-state index contributed by atoms with van der Waals surface area (Å²) in [5, 5.41) is 11.4. The number of methoxy groups -OCH3 is 1. The number of rotatable bonds is 9. The van der Waals surface area contributed by atoms with Gasteiger partial charge in [0.05, 0.1) is 29.1 Å². The molecule has 0 aliphatic heterocycles. The van der Waals surface area contributed by atoms with Crippen molar-refractivity contribution in [3.8, 4) is 17.2 Å². The van der Waals surface area contributed by atoms with E-state index in [-0.39, 0.29) is 16.5 Å². The molecule has 0 radical (unpaired) electrons. The van der Waals surface area contributed by atoms with Crippen molar-refractivity contribution in [1.82, 2.24) is 14.8 Å². The number of carbonyl (C=O) groups is 1. The van der Waals surface area contributed by atoms with E-state index in [1.165, 1.54) is 0 Å². The number of ether oxygens (including phenoxy) is 2. The van der Waals surface area contributed by atoms with E-state index in [2.05, 4.69) is 15.5 Å². The Morgan fingerprint density at radius 2 is 1.74 bits per heavy atom. The van der Waals surface area contributed by atoms with Gasteiger partial charge in [-0.15, -0.1) is 10.2 Å². The molecule has 1 unspecified atom stereocenters. The molecule has 12 heteroatoms. The number of anilines is 1. The molecule has 7 nitrogen and oxygen atoms in total. The van der Waals surface area contributed by atoms with Crippen LogP contribution in [0.3, 0.4) is 0 Å². The highest BCUT2D eigenvalue weighted by Crippen LogP contribution is 2.34. The summed E-state index contributed by atoms with van der Waals surface area (Å²) < 4.78 is 52.2. The van der Waals surface area contributed by atoms with Crippen molar-refractivity contribution in [1.29, 1.82) is 0 Å². The predicted molar refractivity (Wildman–Crippen MR) is 139 cm³/mol. The van der Waals surface area contributed by atoms with Gasteiger partial charge in [0.25, 0.3) is 0 Å². The minimum atomic E-state index is -4.56. The number of hydrogen-bond acceptors (Lipinski definition) is 6. The third-order valence-corrected chi connectivity index (χ3v) is 6.57. The van der Waals surface area contributed by atoms with Crippen LogP contribution in [0.2, 0.25) is 5.02 Å². The zero-order valence-electron chi connectivity index (χ0n) is 20.2. The molecule has 1 heterocycles. The molecule has 1 atom stereocenters. The molecule has 1 amide bonds. The molecule has 0 fully saturated rings. The minimum Gasteiger partial charge on any atom is -0.497 e. The van der Waals surface area contributed by atoms with Gasteiger partial charge in [-0.2, -0.15) is 13.2 Å². The number of nitrogens with one attached hydrogen (secondary N) is 1. The Balaban J connectivity index is 1.52. The maximum Gasteiger partial charge on any atom is 0.416 e. The molecule has 4 rings (SSSR count). The van der Waals surface area contributed by atoms with E-state index in [1.54, 1.807) is 35.9 Å².